The van der Waals surface area contributed by atoms with Gasteiger partial charge < -0.3 is 10.1 Å². The maximum Gasteiger partial charge on any atom is 0.339 e. The number of sulfone groups is 1. The van der Waals surface area contributed by atoms with E-state index in [9.17, 15) is 18.0 Å². The summed E-state index contributed by atoms with van der Waals surface area (Å²) < 4.78 is 28.6. The zero-order valence-corrected chi connectivity index (χ0v) is 16.6. The number of ether oxygens (including phenoxy) is 1. The molecule has 2 rings (SSSR count). The number of hydrogen-bond donors (Lipinski definition) is 1. The molecule has 0 spiro atoms. The predicted molar refractivity (Wildman–Crippen MR) is 104 cm³/mol. The van der Waals surface area contributed by atoms with Gasteiger partial charge in [-0.15, -0.1) is 0 Å². The molecule has 144 valence electrons. The van der Waals surface area contributed by atoms with Gasteiger partial charge in [0.05, 0.1) is 10.5 Å². The van der Waals surface area contributed by atoms with Crippen LogP contribution in [0.2, 0.25) is 0 Å². The van der Waals surface area contributed by atoms with Gasteiger partial charge in [-0.05, 0) is 55.7 Å². The summed E-state index contributed by atoms with van der Waals surface area (Å²) in [5.74, 6) is -1.22. The topological polar surface area (TPSA) is 89.5 Å². The summed E-state index contributed by atoms with van der Waals surface area (Å²) in [4.78, 5) is 24.7. The molecule has 1 N–H and O–H groups in total. The van der Waals surface area contributed by atoms with Crippen LogP contribution in [0.3, 0.4) is 0 Å². The summed E-state index contributed by atoms with van der Waals surface area (Å²) >= 11 is 0. The fourth-order valence-corrected chi connectivity index (χ4v) is 3.04. The predicted octanol–water partition coefficient (Wildman–Crippen LogP) is 3.14. The van der Waals surface area contributed by atoms with Crippen LogP contribution in [0.25, 0.3) is 0 Å². The number of hydrogen-bond acceptors (Lipinski definition) is 5. The van der Waals surface area contributed by atoms with E-state index < -0.39 is 27.8 Å². The van der Waals surface area contributed by atoms with Crippen molar-refractivity contribution in [2.45, 2.75) is 38.2 Å². The van der Waals surface area contributed by atoms with Crippen molar-refractivity contribution in [2.75, 3.05) is 11.6 Å². The lowest BCUT2D eigenvalue weighted by Gasteiger charge is -2.15. The van der Waals surface area contributed by atoms with E-state index in [-0.39, 0.29) is 10.5 Å². The van der Waals surface area contributed by atoms with Gasteiger partial charge in [0.25, 0.3) is 5.91 Å². The Hall–Kier alpha value is -2.67. The molecule has 27 heavy (non-hydrogen) atoms. The van der Waals surface area contributed by atoms with Crippen LogP contribution in [-0.2, 0) is 25.8 Å². The van der Waals surface area contributed by atoms with E-state index >= 15 is 0 Å². The standard InChI is InChI=1S/C20H23NO5S/c1-5-15-7-9-16(10-8-15)21-19(22)14(3)26-20(23)18-12-17(27(4,24)25)11-6-13(18)2/h6-12,14H,5H2,1-4H3,(H,21,22). The Morgan fingerprint density at radius 3 is 2.30 bits per heavy atom. The quantitative estimate of drug-likeness (QED) is 0.767. The van der Waals surface area contributed by atoms with Gasteiger partial charge in [0, 0.05) is 11.9 Å². The number of carbonyl (C=O) groups is 2. The van der Waals surface area contributed by atoms with Gasteiger partial charge in [0.1, 0.15) is 0 Å². The third-order valence-electron chi connectivity index (χ3n) is 4.14. The maximum absolute atomic E-state index is 12.4. The second kappa shape index (κ2) is 8.35. The highest BCUT2D eigenvalue weighted by Gasteiger charge is 2.21. The highest BCUT2D eigenvalue weighted by molar-refractivity contribution is 7.90. The van der Waals surface area contributed by atoms with Gasteiger partial charge in [0.2, 0.25) is 0 Å². The van der Waals surface area contributed by atoms with E-state index in [1.165, 1.54) is 25.1 Å². The summed E-state index contributed by atoms with van der Waals surface area (Å²) in [6, 6.07) is 11.6. The van der Waals surface area contributed by atoms with Crippen molar-refractivity contribution < 1.29 is 22.7 Å². The molecule has 0 aliphatic carbocycles. The Balaban J connectivity index is 2.09. The average molecular weight is 389 g/mol. The number of esters is 1. The molecule has 0 bridgehead atoms. The van der Waals surface area contributed by atoms with E-state index in [4.69, 9.17) is 4.74 Å². The normalized spacial score (nSPS) is 12.3. The second-order valence-electron chi connectivity index (χ2n) is 6.34. The molecule has 7 heteroatoms. The zero-order valence-electron chi connectivity index (χ0n) is 15.8. The van der Waals surface area contributed by atoms with Gasteiger partial charge in [-0.1, -0.05) is 25.1 Å². The largest absolute Gasteiger partial charge is 0.449 e. The average Bonchev–Trinajstić information content (AvgIpc) is 2.61. The third-order valence-corrected chi connectivity index (χ3v) is 5.25. The van der Waals surface area contributed by atoms with Crippen LogP contribution < -0.4 is 5.32 Å². The van der Waals surface area contributed by atoms with Crippen molar-refractivity contribution in [1.82, 2.24) is 0 Å². The summed E-state index contributed by atoms with van der Waals surface area (Å²) in [6.45, 7) is 5.17. The Labute approximate surface area is 159 Å². The van der Waals surface area contributed by atoms with Crippen LogP contribution in [0.4, 0.5) is 5.69 Å². The molecule has 0 aliphatic rings. The minimum Gasteiger partial charge on any atom is -0.449 e. The Morgan fingerprint density at radius 1 is 1.11 bits per heavy atom. The van der Waals surface area contributed by atoms with Crippen molar-refractivity contribution in [1.29, 1.82) is 0 Å². The van der Waals surface area contributed by atoms with E-state index in [0.717, 1.165) is 18.2 Å². The van der Waals surface area contributed by atoms with Crippen LogP contribution in [-0.4, -0.2) is 32.7 Å². The van der Waals surface area contributed by atoms with Crippen molar-refractivity contribution in [2.24, 2.45) is 0 Å². The van der Waals surface area contributed by atoms with Crippen LogP contribution in [0.5, 0.6) is 0 Å². The number of aryl methyl sites for hydroxylation is 2. The first-order valence-corrected chi connectivity index (χ1v) is 10.4. The first-order chi connectivity index (χ1) is 12.6. The third kappa shape index (κ3) is 5.40. The maximum atomic E-state index is 12.4. The molecule has 1 unspecified atom stereocenters. The molecule has 0 aliphatic heterocycles. The molecule has 2 aromatic carbocycles. The Bertz CT molecular complexity index is 949. The van der Waals surface area contributed by atoms with Crippen LogP contribution in [0, 0.1) is 6.92 Å². The number of carbonyl (C=O) groups excluding carboxylic acids is 2. The molecule has 0 radical (unpaired) electrons. The fourth-order valence-electron chi connectivity index (χ4n) is 2.40. The molecule has 0 heterocycles. The highest BCUT2D eigenvalue weighted by atomic mass is 32.2. The van der Waals surface area contributed by atoms with Crippen LogP contribution >= 0.6 is 0 Å². The summed E-state index contributed by atoms with van der Waals surface area (Å²) in [5.41, 5.74) is 2.43. The summed E-state index contributed by atoms with van der Waals surface area (Å²) in [5, 5.41) is 2.69. The van der Waals surface area contributed by atoms with Crippen molar-refractivity contribution in [3.63, 3.8) is 0 Å². The highest BCUT2D eigenvalue weighted by Crippen LogP contribution is 2.18. The second-order valence-corrected chi connectivity index (χ2v) is 8.35. The number of benzene rings is 2. The molecule has 1 amide bonds. The summed E-state index contributed by atoms with van der Waals surface area (Å²) in [6.07, 6.45) is 0.922. The molecular formula is C20H23NO5S. The minimum absolute atomic E-state index is 0.0215. The van der Waals surface area contributed by atoms with Gasteiger partial charge in [-0.2, -0.15) is 0 Å². The van der Waals surface area contributed by atoms with Crippen LogP contribution in [0.1, 0.15) is 35.3 Å². The molecule has 2 aromatic rings. The molecular weight excluding hydrogens is 366 g/mol. The van der Waals surface area contributed by atoms with E-state index in [0.29, 0.717) is 11.3 Å². The smallest absolute Gasteiger partial charge is 0.339 e. The molecule has 0 fully saturated rings. The first kappa shape index (κ1) is 20.6. The van der Waals surface area contributed by atoms with Crippen molar-refractivity contribution >= 4 is 27.4 Å². The first-order valence-electron chi connectivity index (χ1n) is 8.53. The lowest BCUT2D eigenvalue weighted by atomic mass is 10.1. The molecule has 0 saturated heterocycles. The molecule has 6 nitrogen and oxygen atoms in total. The lowest BCUT2D eigenvalue weighted by molar-refractivity contribution is -0.123. The van der Waals surface area contributed by atoms with Crippen molar-refractivity contribution in [3.05, 3.63) is 59.2 Å². The Morgan fingerprint density at radius 2 is 1.74 bits per heavy atom. The molecule has 1 atom stereocenters. The van der Waals surface area contributed by atoms with Gasteiger partial charge in [-0.3, -0.25) is 4.79 Å². The SMILES string of the molecule is CCc1ccc(NC(=O)C(C)OC(=O)c2cc(S(C)(=O)=O)ccc2C)cc1. The number of amides is 1. The van der Waals surface area contributed by atoms with Gasteiger partial charge >= 0.3 is 5.97 Å². The van der Waals surface area contributed by atoms with Crippen molar-refractivity contribution in [3.8, 4) is 0 Å². The number of nitrogens with one attached hydrogen (secondary N) is 1. The minimum atomic E-state index is -3.45. The molecule has 0 saturated carbocycles. The van der Waals surface area contributed by atoms with Gasteiger partial charge in [-0.25, -0.2) is 13.2 Å². The van der Waals surface area contributed by atoms with E-state index in [2.05, 4.69) is 5.32 Å². The number of anilines is 1. The van der Waals surface area contributed by atoms with Gasteiger partial charge in [0.15, 0.2) is 15.9 Å². The zero-order chi connectivity index (χ0) is 20.2. The van der Waals surface area contributed by atoms with Crippen LogP contribution in [0.15, 0.2) is 47.4 Å². The Kier molecular flexibility index (Phi) is 6.38. The monoisotopic (exact) mass is 389 g/mol. The van der Waals surface area contributed by atoms with E-state index in [1.807, 2.05) is 19.1 Å². The van der Waals surface area contributed by atoms with E-state index in [1.54, 1.807) is 19.1 Å². The summed E-state index contributed by atoms with van der Waals surface area (Å²) in [7, 11) is -3.45. The fraction of sp³-hybridized carbons (Fsp3) is 0.300. The number of rotatable bonds is 6. The molecule has 0 aromatic heterocycles. The lowest BCUT2D eigenvalue weighted by Crippen LogP contribution is -2.30.